The molecule has 2 aliphatic heterocycles. The van der Waals surface area contributed by atoms with Gasteiger partial charge >= 0.3 is 6.09 Å². The zero-order chi connectivity index (χ0) is 28.6. The van der Waals surface area contributed by atoms with Gasteiger partial charge in [0.15, 0.2) is 5.78 Å². The fraction of sp³-hybridized carbons (Fsp3) is 0.483. The third kappa shape index (κ3) is 5.43. The number of piperidine rings is 1. The van der Waals surface area contributed by atoms with Crippen LogP contribution in [-0.4, -0.2) is 72.5 Å². The Morgan fingerprint density at radius 1 is 1.02 bits per heavy atom. The van der Waals surface area contributed by atoms with Crippen molar-refractivity contribution < 1.29 is 27.9 Å². The van der Waals surface area contributed by atoms with Crippen LogP contribution in [0.3, 0.4) is 0 Å². The van der Waals surface area contributed by atoms with E-state index in [2.05, 4.69) is 5.32 Å². The Bertz CT molecular complexity index is 1280. The Hall–Kier alpha value is -2.75. The topological polar surface area (TPSA) is 79.0 Å². The number of likely N-dealkylation sites (N-methyl/N-ethyl adjacent to an activating group) is 1. The van der Waals surface area contributed by atoms with Crippen LogP contribution in [0.5, 0.6) is 5.75 Å². The van der Waals surface area contributed by atoms with Crippen LogP contribution in [0, 0.1) is 17.7 Å². The minimum atomic E-state index is -1.32. The summed E-state index contributed by atoms with van der Waals surface area (Å²) in [6.07, 6.45) is -0.268. The van der Waals surface area contributed by atoms with Gasteiger partial charge in [-0.05, 0) is 67.6 Å². The summed E-state index contributed by atoms with van der Waals surface area (Å²) < 4.78 is 32.2. The first-order chi connectivity index (χ1) is 19.1. The number of halogens is 4. The monoisotopic (exact) mass is 593 g/mol. The van der Waals surface area contributed by atoms with E-state index in [9.17, 15) is 23.2 Å². The lowest BCUT2D eigenvalue weighted by Gasteiger charge is -2.44. The van der Waals surface area contributed by atoms with E-state index >= 15 is 0 Å². The SMILES string of the molecule is CN(C(=O)Oc1ccc(F)cc1)[C@]1(C(=O)C2CCN(C(=O)C3CC(F)C3)CC2)CNC[C@H]1c1ccc(Cl)c(Cl)c1. The maximum Gasteiger partial charge on any atom is 0.415 e. The molecule has 5 rings (SSSR count). The average Bonchev–Trinajstić information content (AvgIpc) is 3.39. The van der Waals surface area contributed by atoms with Gasteiger partial charge in [-0.1, -0.05) is 29.3 Å². The zero-order valence-electron chi connectivity index (χ0n) is 22.0. The molecule has 2 amide bonds. The number of rotatable bonds is 6. The summed E-state index contributed by atoms with van der Waals surface area (Å²) in [4.78, 5) is 43.7. The van der Waals surface area contributed by atoms with Crippen molar-refractivity contribution in [2.75, 3.05) is 33.2 Å². The first-order valence-corrected chi connectivity index (χ1v) is 14.2. The van der Waals surface area contributed by atoms with Crippen molar-refractivity contribution >= 4 is 41.0 Å². The summed E-state index contributed by atoms with van der Waals surface area (Å²) in [5, 5.41) is 4.00. The second-order valence-corrected chi connectivity index (χ2v) is 11.7. The number of amides is 2. The lowest BCUT2D eigenvalue weighted by molar-refractivity contribution is -0.144. The van der Waals surface area contributed by atoms with Gasteiger partial charge in [0.05, 0.1) is 10.0 Å². The summed E-state index contributed by atoms with van der Waals surface area (Å²) in [7, 11) is 1.53. The highest BCUT2D eigenvalue weighted by atomic mass is 35.5. The minimum Gasteiger partial charge on any atom is -0.410 e. The number of benzene rings is 2. The Balaban J connectivity index is 1.41. The molecule has 0 spiro atoms. The van der Waals surface area contributed by atoms with Crippen LogP contribution in [0.2, 0.25) is 10.0 Å². The molecular formula is C29H31Cl2F2N3O4. The maximum absolute atomic E-state index is 14.5. The quantitative estimate of drug-likeness (QED) is 0.495. The van der Waals surface area contributed by atoms with Crippen LogP contribution >= 0.6 is 23.2 Å². The van der Waals surface area contributed by atoms with Gasteiger partial charge in [0.25, 0.3) is 0 Å². The van der Waals surface area contributed by atoms with Crippen molar-refractivity contribution in [3.05, 3.63) is 63.9 Å². The second-order valence-electron chi connectivity index (χ2n) is 10.9. The van der Waals surface area contributed by atoms with Gasteiger partial charge in [-0.3, -0.25) is 14.5 Å². The number of ketones is 1. The van der Waals surface area contributed by atoms with Gasteiger partial charge in [0.1, 0.15) is 23.3 Å². The molecule has 1 N–H and O–H groups in total. The number of carbonyl (C=O) groups excluding carboxylic acids is 3. The predicted molar refractivity (Wildman–Crippen MR) is 147 cm³/mol. The number of hydrogen-bond donors (Lipinski definition) is 1. The number of nitrogens with zero attached hydrogens (tertiary/aromatic N) is 2. The smallest absolute Gasteiger partial charge is 0.410 e. The molecule has 3 aliphatic rings. The van der Waals surface area contributed by atoms with Crippen LogP contribution in [0.15, 0.2) is 42.5 Å². The molecule has 214 valence electrons. The number of alkyl halides is 1. The minimum absolute atomic E-state index is 0.0503. The van der Waals surface area contributed by atoms with Gasteiger partial charge in [-0.25, -0.2) is 13.6 Å². The second kappa shape index (κ2) is 11.6. The lowest BCUT2D eigenvalue weighted by atomic mass is 9.72. The normalized spacial score (nSPS) is 26.7. The Morgan fingerprint density at radius 3 is 2.33 bits per heavy atom. The van der Waals surface area contributed by atoms with Crippen molar-refractivity contribution in [1.82, 2.24) is 15.1 Å². The standard InChI is InChI=1S/C29H31Cl2F2N3O4/c1-35(28(39)40-22-5-3-20(32)4-6-22)29(16-34-15-23(29)18-2-7-24(30)25(31)14-18)26(37)17-8-10-36(11-9-17)27(38)19-12-21(33)13-19/h2-7,14,17,19,21,23,34H,8-13,15-16H2,1H3/t19?,21?,23-,29+/m0/s1. The molecule has 2 aromatic rings. The molecule has 3 fully saturated rings. The fourth-order valence-electron chi connectivity index (χ4n) is 6.16. The molecule has 7 nitrogen and oxygen atoms in total. The van der Waals surface area contributed by atoms with Crippen LogP contribution in [-0.2, 0) is 9.59 Å². The van der Waals surface area contributed by atoms with Gasteiger partial charge in [-0.2, -0.15) is 0 Å². The highest BCUT2D eigenvalue weighted by Crippen LogP contribution is 2.42. The molecule has 1 aliphatic carbocycles. The van der Waals surface area contributed by atoms with Crippen LogP contribution in [0.4, 0.5) is 13.6 Å². The Morgan fingerprint density at radius 2 is 1.70 bits per heavy atom. The Labute approximate surface area is 241 Å². The van der Waals surface area contributed by atoms with E-state index in [-0.39, 0.29) is 42.7 Å². The van der Waals surface area contributed by atoms with E-state index in [1.54, 1.807) is 23.1 Å². The number of ether oxygens (including phenoxy) is 1. The number of Topliss-reactive ketones (excluding diaryl/α,β-unsaturated/α-hetero) is 1. The molecular weight excluding hydrogens is 563 g/mol. The van der Waals surface area contributed by atoms with E-state index in [1.807, 2.05) is 0 Å². The molecule has 0 aromatic heterocycles. The third-order valence-electron chi connectivity index (χ3n) is 8.59. The van der Waals surface area contributed by atoms with Gasteiger partial charge < -0.3 is 15.0 Å². The molecule has 2 saturated heterocycles. The van der Waals surface area contributed by atoms with E-state index in [4.69, 9.17) is 27.9 Å². The zero-order valence-corrected chi connectivity index (χ0v) is 23.6. The van der Waals surface area contributed by atoms with Crippen molar-refractivity contribution in [2.24, 2.45) is 11.8 Å². The van der Waals surface area contributed by atoms with E-state index < -0.39 is 35.5 Å². The number of likely N-dealkylation sites (tertiary alicyclic amines) is 1. The lowest BCUT2D eigenvalue weighted by Crippen LogP contribution is -2.62. The molecule has 2 atom stereocenters. The molecule has 0 unspecified atom stereocenters. The van der Waals surface area contributed by atoms with Crippen LogP contribution in [0.25, 0.3) is 0 Å². The van der Waals surface area contributed by atoms with E-state index in [0.29, 0.717) is 42.5 Å². The van der Waals surface area contributed by atoms with Crippen molar-refractivity contribution in [3.63, 3.8) is 0 Å². The highest BCUT2D eigenvalue weighted by molar-refractivity contribution is 6.42. The summed E-state index contributed by atoms with van der Waals surface area (Å²) in [5.41, 5.74) is -0.576. The highest BCUT2D eigenvalue weighted by Gasteiger charge is 2.56. The summed E-state index contributed by atoms with van der Waals surface area (Å²) >= 11 is 12.5. The Kier molecular flexibility index (Phi) is 8.36. The molecule has 1 saturated carbocycles. The van der Waals surface area contributed by atoms with Crippen LogP contribution < -0.4 is 10.1 Å². The molecule has 0 bridgehead atoms. The first kappa shape index (κ1) is 28.8. The average molecular weight is 594 g/mol. The van der Waals surface area contributed by atoms with E-state index in [0.717, 1.165) is 5.56 Å². The summed E-state index contributed by atoms with van der Waals surface area (Å²) in [6, 6.07) is 10.2. The molecule has 0 radical (unpaired) electrons. The number of hydrogen-bond acceptors (Lipinski definition) is 5. The molecule has 2 aromatic carbocycles. The van der Waals surface area contributed by atoms with Gasteiger partial charge in [0, 0.05) is 51.0 Å². The number of nitrogens with one attached hydrogen (secondary N) is 1. The first-order valence-electron chi connectivity index (χ1n) is 13.4. The largest absolute Gasteiger partial charge is 0.415 e. The number of carbonyl (C=O) groups is 3. The van der Waals surface area contributed by atoms with Crippen molar-refractivity contribution in [3.8, 4) is 5.75 Å². The summed E-state index contributed by atoms with van der Waals surface area (Å²) in [6.45, 7) is 1.38. The molecule has 40 heavy (non-hydrogen) atoms. The maximum atomic E-state index is 14.5. The van der Waals surface area contributed by atoms with Crippen molar-refractivity contribution in [2.45, 2.75) is 43.3 Å². The van der Waals surface area contributed by atoms with Crippen LogP contribution in [0.1, 0.15) is 37.2 Å². The van der Waals surface area contributed by atoms with Gasteiger partial charge in [-0.15, -0.1) is 0 Å². The molecule has 2 heterocycles. The predicted octanol–water partition coefficient (Wildman–Crippen LogP) is 5.24. The van der Waals surface area contributed by atoms with Crippen molar-refractivity contribution in [1.29, 1.82) is 0 Å². The summed E-state index contributed by atoms with van der Waals surface area (Å²) in [5.74, 6) is -1.65. The van der Waals surface area contributed by atoms with E-state index in [1.165, 1.54) is 36.2 Å². The molecule has 11 heteroatoms. The van der Waals surface area contributed by atoms with Gasteiger partial charge in [0.2, 0.25) is 5.91 Å². The fourth-order valence-corrected chi connectivity index (χ4v) is 6.46. The third-order valence-corrected chi connectivity index (χ3v) is 9.33.